The minimum absolute atomic E-state index is 0.0845. The topological polar surface area (TPSA) is 72.2 Å². The van der Waals surface area contributed by atoms with E-state index >= 15 is 0 Å². The number of nitrogens with two attached hydrogens (primary N) is 1. The van der Waals surface area contributed by atoms with Crippen LogP contribution in [0.2, 0.25) is 0 Å². The molecule has 0 aliphatic rings. The SMILES string of the molecule is NC(=O)NC(=O)c1ccccc1C(Cl)(Cl)Cl. The molecule has 16 heavy (non-hydrogen) atoms. The van der Waals surface area contributed by atoms with Crippen molar-refractivity contribution < 1.29 is 9.59 Å². The fourth-order valence-corrected chi connectivity index (χ4v) is 1.60. The molecule has 0 saturated heterocycles. The maximum absolute atomic E-state index is 11.5. The predicted molar refractivity (Wildman–Crippen MR) is 62.7 cm³/mol. The minimum atomic E-state index is -1.74. The number of urea groups is 1. The second-order valence-electron chi connectivity index (χ2n) is 2.86. The molecule has 0 saturated carbocycles. The Balaban J connectivity index is 3.14. The molecule has 0 fully saturated rings. The number of imide groups is 1. The van der Waals surface area contributed by atoms with E-state index in [1.165, 1.54) is 12.1 Å². The van der Waals surface area contributed by atoms with Gasteiger partial charge in [-0.2, -0.15) is 0 Å². The zero-order valence-electron chi connectivity index (χ0n) is 7.84. The largest absolute Gasteiger partial charge is 0.351 e. The molecule has 0 atom stereocenters. The lowest BCUT2D eigenvalue weighted by atomic mass is 10.1. The number of halogens is 3. The van der Waals surface area contributed by atoms with Crippen LogP contribution in [0.5, 0.6) is 0 Å². The smallest absolute Gasteiger partial charge is 0.319 e. The van der Waals surface area contributed by atoms with Gasteiger partial charge in [-0.3, -0.25) is 10.1 Å². The van der Waals surface area contributed by atoms with Gasteiger partial charge in [0.15, 0.2) is 0 Å². The van der Waals surface area contributed by atoms with Crippen LogP contribution in [0.15, 0.2) is 24.3 Å². The number of benzene rings is 1. The third-order valence-electron chi connectivity index (χ3n) is 1.71. The van der Waals surface area contributed by atoms with Crippen molar-refractivity contribution in [1.82, 2.24) is 5.32 Å². The standard InChI is InChI=1S/C9H7Cl3N2O2/c10-9(11,12)6-4-2-1-3-5(6)7(15)14-8(13)16/h1-4H,(H3,13,14,15,16). The summed E-state index contributed by atoms with van der Waals surface area (Å²) in [4.78, 5) is 22.1. The van der Waals surface area contributed by atoms with Crippen molar-refractivity contribution in [3.63, 3.8) is 0 Å². The van der Waals surface area contributed by atoms with Crippen LogP contribution < -0.4 is 11.1 Å². The van der Waals surface area contributed by atoms with Crippen LogP contribution in [-0.4, -0.2) is 11.9 Å². The average Bonchev–Trinajstić information content (AvgIpc) is 2.15. The molecule has 1 aromatic rings. The number of carbonyl (C=O) groups is 2. The van der Waals surface area contributed by atoms with Crippen molar-refractivity contribution in [3.8, 4) is 0 Å². The minimum Gasteiger partial charge on any atom is -0.351 e. The number of alkyl halides is 3. The summed E-state index contributed by atoms with van der Waals surface area (Å²) in [6.45, 7) is 0. The zero-order valence-corrected chi connectivity index (χ0v) is 10.1. The van der Waals surface area contributed by atoms with Crippen LogP contribution in [0.3, 0.4) is 0 Å². The molecule has 0 radical (unpaired) electrons. The molecule has 3 N–H and O–H groups in total. The summed E-state index contributed by atoms with van der Waals surface area (Å²) in [5, 5.41) is 1.90. The first kappa shape index (κ1) is 13.1. The molecule has 1 rings (SSSR count). The summed E-state index contributed by atoms with van der Waals surface area (Å²) in [7, 11) is 0. The maximum Gasteiger partial charge on any atom is 0.319 e. The van der Waals surface area contributed by atoms with Crippen molar-refractivity contribution in [2.45, 2.75) is 3.79 Å². The van der Waals surface area contributed by atoms with Gasteiger partial charge in [-0.15, -0.1) is 0 Å². The van der Waals surface area contributed by atoms with Crippen molar-refractivity contribution in [3.05, 3.63) is 35.4 Å². The third-order valence-corrected chi connectivity index (χ3v) is 2.32. The lowest BCUT2D eigenvalue weighted by Crippen LogP contribution is -2.35. The second kappa shape index (κ2) is 4.91. The first-order chi connectivity index (χ1) is 7.32. The molecule has 0 bridgehead atoms. The number of primary amides is 1. The van der Waals surface area contributed by atoms with Gasteiger partial charge in [-0.25, -0.2) is 4.79 Å². The molecule has 4 nitrogen and oxygen atoms in total. The van der Waals surface area contributed by atoms with E-state index in [4.69, 9.17) is 40.5 Å². The van der Waals surface area contributed by atoms with Gasteiger partial charge in [-0.05, 0) is 6.07 Å². The fraction of sp³-hybridized carbons (Fsp3) is 0.111. The lowest BCUT2D eigenvalue weighted by Gasteiger charge is -2.15. The molecular formula is C9H7Cl3N2O2. The van der Waals surface area contributed by atoms with Gasteiger partial charge in [0.1, 0.15) is 0 Å². The first-order valence-corrected chi connectivity index (χ1v) is 5.23. The van der Waals surface area contributed by atoms with Gasteiger partial charge in [-0.1, -0.05) is 53.0 Å². The van der Waals surface area contributed by atoms with Crippen LogP contribution in [0.4, 0.5) is 4.79 Å². The highest BCUT2D eigenvalue weighted by atomic mass is 35.6. The fourth-order valence-electron chi connectivity index (χ4n) is 1.11. The van der Waals surface area contributed by atoms with Crippen molar-refractivity contribution in [1.29, 1.82) is 0 Å². The van der Waals surface area contributed by atoms with E-state index in [1.54, 1.807) is 12.1 Å². The Morgan fingerprint density at radius 2 is 1.75 bits per heavy atom. The Kier molecular flexibility index (Phi) is 4.02. The van der Waals surface area contributed by atoms with Crippen molar-refractivity contribution in [2.75, 3.05) is 0 Å². The molecule has 0 aliphatic carbocycles. The molecule has 0 aliphatic heterocycles. The van der Waals surface area contributed by atoms with E-state index < -0.39 is 15.7 Å². The highest BCUT2D eigenvalue weighted by Crippen LogP contribution is 2.39. The maximum atomic E-state index is 11.5. The molecule has 1 aromatic carbocycles. The average molecular weight is 282 g/mol. The van der Waals surface area contributed by atoms with E-state index in [2.05, 4.69) is 0 Å². The highest BCUT2D eigenvalue weighted by molar-refractivity contribution is 6.67. The Morgan fingerprint density at radius 3 is 2.25 bits per heavy atom. The molecule has 0 unspecified atom stereocenters. The van der Waals surface area contributed by atoms with Crippen LogP contribution in [0.1, 0.15) is 15.9 Å². The second-order valence-corrected chi connectivity index (χ2v) is 5.14. The number of rotatable bonds is 1. The van der Waals surface area contributed by atoms with Crippen LogP contribution >= 0.6 is 34.8 Å². The monoisotopic (exact) mass is 280 g/mol. The van der Waals surface area contributed by atoms with E-state index in [1.807, 2.05) is 5.32 Å². The van der Waals surface area contributed by atoms with Crippen molar-refractivity contribution >= 4 is 46.7 Å². The third kappa shape index (κ3) is 3.27. The highest BCUT2D eigenvalue weighted by Gasteiger charge is 2.28. The summed E-state index contributed by atoms with van der Waals surface area (Å²) in [6.07, 6.45) is 0. The summed E-state index contributed by atoms with van der Waals surface area (Å²) in [5.41, 5.74) is 5.08. The van der Waals surface area contributed by atoms with E-state index in [9.17, 15) is 9.59 Å². The Bertz CT molecular complexity index is 429. The Morgan fingerprint density at radius 1 is 1.19 bits per heavy atom. The molecule has 3 amide bonds. The number of hydrogen-bond donors (Lipinski definition) is 2. The van der Waals surface area contributed by atoms with Gasteiger partial charge in [0.25, 0.3) is 5.91 Å². The van der Waals surface area contributed by atoms with Crippen LogP contribution in [0, 0.1) is 0 Å². The van der Waals surface area contributed by atoms with E-state index in [0.717, 1.165) is 0 Å². The first-order valence-electron chi connectivity index (χ1n) is 4.09. The predicted octanol–water partition coefficient (Wildman–Crippen LogP) is 2.32. The molecule has 7 heteroatoms. The van der Waals surface area contributed by atoms with E-state index in [0.29, 0.717) is 0 Å². The number of hydrogen-bond acceptors (Lipinski definition) is 2. The molecular weight excluding hydrogens is 274 g/mol. The summed E-state index contributed by atoms with van der Waals surface area (Å²) in [6, 6.07) is 5.12. The summed E-state index contributed by atoms with van der Waals surface area (Å²) < 4.78 is -1.74. The zero-order chi connectivity index (χ0) is 12.3. The normalized spacial score (nSPS) is 10.9. The summed E-state index contributed by atoms with van der Waals surface area (Å²) in [5.74, 6) is -0.713. The van der Waals surface area contributed by atoms with Gasteiger partial charge in [0.05, 0.1) is 0 Å². The Hall–Kier alpha value is -0.970. The number of nitrogens with one attached hydrogen (secondary N) is 1. The van der Waals surface area contributed by atoms with Gasteiger partial charge < -0.3 is 5.73 Å². The van der Waals surface area contributed by atoms with Gasteiger partial charge >= 0.3 is 6.03 Å². The van der Waals surface area contributed by atoms with Crippen molar-refractivity contribution in [2.24, 2.45) is 5.73 Å². The van der Waals surface area contributed by atoms with Crippen LogP contribution in [0.25, 0.3) is 0 Å². The molecule has 86 valence electrons. The number of amides is 3. The quantitative estimate of drug-likeness (QED) is 0.775. The van der Waals surface area contributed by atoms with Gasteiger partial charge in [0, 0.05) is 11.1 Å². The molecule has 0 aromatic heterocycles. The van der Waals surface area contributed by atoms with Gasteiger partial charge in [0.2, 0.25) is 3.79 Å². The summed E-state index contributed by atoms with van der Waals surface area (Å²) >= 11 is 17.0. The van der Waals surface area contributed by atoms with Crippen LogP contribution in [-0.2, 0) is 3.79 Å². The van der Waals surface area contributed by atoms with E-state index in [-0.39, 0.29) is 11.1 Å². The molecule has 0 heterocycles. The molecule has 0 spiro atoms. The number of carbonyl (C=O) groups excluding carboxylic acids is 2. The lowest BCUT2D eigenvalue weighted by molar-refractivity contribution is 0.0965. The Labute approximate surface area is 107 Å².